The van der Waals surface area contributed by atoms with E-state index in [0.717, 1.165) is 19.3 Å². The predicted molar refractivity (Wildman–Crippen MR) is 65.8 cm³/mol. The summed E-state index contributed by atoms with van der Waals surface area (Å²) in [6, 6.07) is 0. The fraction of sp³-hybridized carbons (Fsp3) is 0.692. The Morgan fingerprint density at radius 1 is 1.53 bits per heavy atom. The molecule has 0 aromatic heterocycles. The molecule has 1 aliphatic rings. The van der Waals surface area contributed by atoms with Crippen LogP contribution in [0.2, 0.25) is 0 Å². The van der Waals surface area contributed by atoms with Gasteiger partial charge in [0.15, 0.2) is 5.78 Å². The van der Waals surface area contributed by atoms with Gasteiger partial charge in [-0.3, -0.25) is 9.69 Å². The lowest BCUT2D eigenvalue weighted by Gasteiger charge is -2.31. The average molecular weight is 239 g/mol. The SMILES string of the molecule is C=CCCCCC(=O)C(C)(C)N1CCOC1=O. The number of hydrogen-bond donors (Lipinski definition) is 0. The molecular weight excluding hydrogens is 218 g/mol. The highest BCUT2D eigenvalue weighted by Crippen LogP contribution is 2.22. The zero-order chi connectivity index (χ0) is 12.9. The largest absolute Gasteiger partial charge is 0.448 e. The normalized spacial score (nSPS) is 15.9. The standard InChI is InChI=1S/C13H21NO3/c1-4-5-6-7-8-11(15)13(2,3)14-9-10-17-12(14)16/h4H,1,5-10H2,2-3H3. The molecule has 1 aliphatic heterocycles. The zero-order valence-corrected chi connectivity index (χ0v) is 10.7. The van der Waals surface area contributed by atoms with Gasteiger partial charge in [-0.1, -0.05) is 6.08 Å². The number of cyclic esters (lactones) is 1. The quantitative estimate of drug-likeness (QED) is 0.506. The highest BCUT2D eigenvalue weighted by molar-refractivity contribution is 5.91. The van der Waals surface area contributed by atoms with Crippen molar-refractivity contribution in [2.24, 2.45) is 0 Å². The summed E-state index contributed by atoms with van der Waals surface area (Å²) in [6.45, 7) is 8.10. The van der Waals surface area contributed by atoms with Crippen LogP contribution in [0.25, 0.3) is 0 Å². The van der Waals surface area contributed by atoms with Gasteiger partial charge >= 0.3 is 6.09 Å². The van der Waals surface area contributed by atoms with E-state index in [-0.39, 0.29) is 11.9 Å². The minimum absolute atomic E-state index is 0.0976. The molecule has 1 heterocycles. The van der Waals surface area contributed by atoms with Gasteiger partial charge in [-0.05, 0) is 33.1 Å². The summed E-state index contributed by atoms with van der Waals surface area (Å²) in [5.74, 6) is 0.0976. The molecule has 0 atom stereocenters. The van der Waals surface area contributed by atoms with Gasteiger partial charge < -0.3 is 4.74 Å². The van der Waals surface area contributed by atoms with E-state index in [1.54, 1.807) is 13.8 Å². The molecular formula is C13H21NO3. The van der Waals surface area contributed by atoms with Gasteiger partial charge in [-0.2, -0.15) is 0 Å². The second-order valence-corrected chi connectivity index (χ2v) is 4.78. The summed E-state index contributed by atoms with van der Waals surface area (Å²) in [5.41, 5.74) is -0.748. The van der Waals surface area contributed by atoms with E-state index in [9.17, 15) is 9.59 Å². The maximum Gasteiger partial charge on any atom is 0.410 e. The maximum absolute atomic E-state index is 12.1. The van der Waals surface area contributed by atoms with E-state index < -0.39 is 5.54 Å². The van der Waals surface area contributed by atoms with Crippen molar-refractivity contribution >= 4 is 11.9 Å². The Balaban J connectivity index is 2.48. The number of carbonyl (C=O) groups excluding carboxylic acids is 2. The molecule has 96 valence electrons. The Morgan fingerprint density at radius 3 is 2.76 bits per heavy atom. The number of amides is 1. The summed E-state index contributed by atoms with van der Waals surface area (Å²) in [7, 11) is 0. The molecule has 0 unspecified atom stereocenters. The van der Waals surface area contributed by atoms with Gasteiger partial charge in [0, 0.05) is 6.42 Å². The number of ether oxygens (including phenoxy) is 1. The van der Waals surface area contributed by atoms with Crippen LogP contribution in [-0.2, 0) is 9.53 Å². The molecule has 0 aromatic carbocycles. The number of rotatable bonds is 7. The van der Waals surface area contributed by atoms with Crippen molar-refractivity contribution in [3.63, 3.8) is 0 Å². The van der Waals surface area contributed by atoms with E-state index >= 15 is 0 Å². The molecule has 0 radical (unpaired) electrons. The molecule has 1 rings (SSSR count). The molecule has 0 aliphatic carbocycles. The third-order valence-corrected chi connectivity index (χ3v) is 3.18. The van der Waals surface area contributed by atoms with Crippen LogP contribution in [-0.4, -0.2) is 35.5 Å². The highest BCUT2D eigenvalue weighted by Gasteiger charge is 2.40. The Kier molecular flexibility index (Phi) is 4.73. The number of unbranched alkanes of at least 4 members (excludes halogenated alkanes) is 2. The van der Waals surface area contributed by atoms with Crippen LogP contribution in [0.1, 0.15) is 39.5 Å². The molecule has 0 aromatic rings. The first-order valence-electron chi connectivity index (χ1n) is 6.08. The van der Waals surface area contributed by atoms with Crippen LogP contribution in [0.5, 0.6) is 0 Å². The second-order valence-electron chi connectivity index (χ2n) is 4.78. The first-order valence-corrected chi connectivity index (χ1v) is 6.08. The topological polar surface area (TPSA) is 46.6 Å². The number of ketones is 1. The molecule has 0 N–H and O–H groups in total. The van der Waals surface area contributed by atoms with Gasteiger partial charge in [-0.15, -0.1) is 6.58 Å². The Hall–Kier alpha value is -1.32. The summed E-state index contributed by atoms with van der Waals surface area (Å²) in [4.78, 5) is 25.0. The lowest BCUT2D eigenvalue weighted by molar-refractivity contribution is -0.127. The van der Waals surface area contributed by atoms with Crippen molar-refractivity contribution in [2.45, 2.75) is 45.1 Å². The van der Waals surface area contributed by atoms with E-state index in [0.29, 0.717) is 19.6 Å². The molecule has 1 saturated heterocycles. The molecule has 0 spiro atoms. The van der Waals surface area contributed by atoms with Crippen molar-refractivity contribution < 1.29 is 14.3 Å². The van der Waals surface area contributed by atoms with Crippen molar-refractivity contribution in [3.05, 3.63) is 12.7 Å². The predicted octanol–water partition coefficient (Wildman–Crippen LogP) is 2.53. The van der Waals surface area contributed by atoms with Crippen LogP contribution in [0, 0.1) is 0 Å². The molecule has 4 heteroatoms. The molecule has 0 bridgehead atoms. The second kappa shape index (κ2) is 5.84. The molecule has 0 saturated carbocycles. The minimum Gasteiger partial charge on any atom is -0.448 e. The third-order valence-electron chi connectivity index (χ3n) is 3.18. The van der Waals surface area contributed by atoms with E-state index in [2.05, 4.69) is 6.58 Å². The van der Waals surface area contributed by atoms with Crippen molar-refractivity contribution in [1.29, 1.82) is 0 Å². The van der Waals surface area contributed by atoms with Crippen molar-refractivity contribution in [1.82, 2.24) is 4.90 Å². The number of allylic oxidation sites excluding steroid dienone is 1. The first-order chi connectivity index (χ1) is 8.00. The van der Waals surface area contributed by atoms with E-state index in [1.165, 1.54) is 4.90 Å². The van der Waals surface area contributed by atoms with Crippen LogP contribution in [0.4, 0.5) is 4.79 Å². The Bertz CT molecular complexity index is 310. The molecule has 1 amide bonds. The summed E-state index contributed by atoms with van der Waals surface area (Å²) in [5, 5.41) is 0. The Morgan fingerprint density at radius 2 is 2.24 bits per heavy atom. The first kappa shape index (κ1) is 13.7. The van der Waals surface area contributed by atoms with Crippen LogP contribution in [0.3, 0.4) is 0 Å². The van der Waals surface area contributed by atoms with Gasteiger partial charge in [0.05, 0.1) is 12.1 Å². The number of Topliss-reactive ketones (excluding diaryl/α,β-unsaturated/α-hetero) is 1. The lowest BCUT2D eigenvalue weighted by atomic mass is 9.93. The number of hydrogen-bond acceptors (Lipinski definition) is 3. The lowest BCUT2D eigenvalue weighted by Crippen LogP contribution is -2.50. The van der Waals surface area contributed by atoms with Gasteiger partial charge in [0.25, 0.3) is 0 Å². The number of nitrogens with zero attached hydrogens (tertiary/aromatic N) is 1. The third kappa shape index (κ3) is 3.32. The fourth-order valence-corrected chi connectivity index (χ4v) is 1.93. The number of carbonyl (C=O) groups is 2. The molecule has 1 fully saturated rings. The average Bonchev–Trinajstić information content (AvgIpc) is 2.71. The Labute approximate surface area is 103 Å². The van der Waals surface area contributed by atoms with Crippen LogP contribution < -0.4 is 0 Å². The minimum atomic E-state index is -0.748. The van der Waals surface area contributed by atoms with Gasteiger partial charge in [0.1, 0.15) is 6.61 Å². The van der Waals surface area contributed by atoms with E-state index in [4.69, 9.17) is 4.74 Å². The summed E-state index contributed by atoms with van der Waals surface area (Å²) in [6.07, 6.45) is 4.72. The summed E-state index contributed by atoms with van der Waals surface area (Å²) < 4.78 is 4.87. The van der Waals surface area contributed by atoms with Gasteiger partial charge in [-0.25, -0.2) is 4.79 Å². The monoisotopic (exact) mass is 239 g/mol. The fourth-order valence-electron chi connectivity index (χ4n) is 1.93. The maximum atomic E-state index is 12.1. The smallest absolute Gasteiger partial charge is 0.410 e. The zero-order valence-electron chi connectivity index (χ0n) is 10.7. The van der Waals surface area contributed by atoms with Crippen molar-refractivity contribution in [3.8, 4) is 0 Å². The highest BCUT2D eigenvalue weighted by atomic mass is 16.6. The van der Waals surface area contributed by atoms with Crippen molar-refractivity contribution in [2.75, 3.05) is 13.2 Å². The molecule has 17 heavy (non-hydrogen) atoms. The van der Waals surface area contributed by atoms with Crippen LogP contribution >= 0.6 is 0 Å². The molecule has 4 nitrogen and oxygen atoms in total. The van der Waals surface area contributed by atoms with E-state index in [1.807, 2.05) is 6.08 Å². The summed E-state index contributed by atoms with van der Waals surface area (Å²) >= 11 is 0. The van der Waals surface area contributed by atoms with Gasteiger partial charge in [0.2, 0.25) is 0 Å². The van der Waals surface area contributed by atoms with Crippen LogP contribution in [0.15, 0.2) is 12.7 Å².